The van der Waals surface area contributed by atoms with Crippen molar-refractivity contribution < 1.29 is 9.90 Å². The number of amides is 1. The van der Waals surface area contributed by atoms with Gasteiger partial charge in [0.25, 0.3) is 0 Å². The SMILES string of the molecule is CCc1c(C=CC2CCCN2C(=O)O)[nH]c2ccc(C#N)cc12. The third-order valence-electron chi connectivity index (χ3n) is 4.45. The first-order chi connectivity index (χ1) is 11.1. The number of fused-ring (bicyclic) bond motifs is 1. The number of carbonyl (C=O) groups is 1. The number of carboxylic acid groups (broad SMARTS) is 1. The van der Waals surface area contributed by atoms with Crippen molar-refractivity contribution in [2.75, 3.05) is 6.54 Å². The molecule has 2 N–H and O–H groups in total. The van der Waals surface area contributed by atoms with Crippen molar-refractivity contribution in [3.05, 3.63) is 41.1 Å². The van der Waals surface area contributed by atoms with Crippen LogP contribution < -0.4 is 0 Å². The molecule has 2 aromatic rings. The minimum atomic E-state index is -0.858. The fourth-order valence-electron chi connectivity index (χ4n) is 3.30. The first-order valence-corrected chi connectivity index (χ1v) is 7.86. The first kappa shape index (κ1) is 15.2. The van der Waals surface area contributed by atoms with Crippen molar-refractivity contribution in [1.29, 1.82) is 5.26 Å². The van der Waals surface area contributed by atoms with E-state index in [-0.39, 0.29) is 6.04 Å². The van der Waals surface area contributed by atoms with Gasteiger partial charge in [-0.3, -0.25) is 0 Å². The van der Waals surface area contributed by atoms with Crippen LogP contribution in [0.15, 0.2) is 24.3 Å². The second-order valence-electron chi connectivity index (χ2n) is 5.79. The summed E-state index contributed by atoms with van der Waals surface area (Å²) in [5, 5.41) is 19.3. The molecule has 1 atom stereocenters. The molecule has 1 aromatic carbocycles. The summed E-state index contributed by atoms with van der Waals surface area (Å²) in [5.74, 6) is 0. The highest BCUT2D eigenvalue weighted by atomic mass is 16.4. The van der Waals surface area contributed by atoms with E-state index in [9.17, 15) is 9.90 Å². The Hall–Kier alpha value is -2.74. The maximum absolute atomic E-state index is 11.2. The van der Waals surface area contributed by atoms with Gasteiger partial charge in [-0.15, -0.1) is 0 Å². The largest absolute Gasteiger partial charge is 0.465 e. The minimum absolute atomic E-state index is 0.0571. The van der Waals surface area contributed by atoms with Gasteiger partial charge in [-0.1, -0.05) is 13.0 Å². The van der Waals surface area contributed by atoms with Gasteiger partial charge in [0.15, 0.2) is 0 Å². The normalized spacial score (nSPS) is 17.9. The summed E-state index contributed by atoms with van der Waals surface area (Å²) < 4.78 is 0. The Balaban J connectivity index is 1.95. The van der Waals surface area contributed by atoms with Crippen LogP contribution in [0, 0.1) is 11.3 Å². The van der Waals surface area contributed by atoms with E-state index in [2.05, 4.69) is 18.0 Å². The van der Waals surface area contributed by atoms with E-state index in [1.165, 1.54) is 4.90 Å². The van der Waals surface area contributed by atoms with Gasteiger partial charge in [0.05, 0.1) is 17.7 Å². The summed E-state index contributed by atoms with van der Waals surface area (Å²) in [5.41, 5.74) is 3.81. The summed E-state index contributed by atoms with van der Waals surface area (Å²) in [7, 11) is 0. The van der Waals surface area contributed by atoms with Crippen molar-refractivity contribution in [2.24, 2.45) is 0 Å². The quantitative estimate of drug-likeness (QED) is 0.906. The fraction of sp³-hybridized carbons (Fsp3) is 0.333. The molecule has 1 unspecified atom stereocenters. The van der Waals surface area contributed by atoms with Gasteiger partial charge in [-0.2, -0.15) is 5.26 Å². The Labute approximate surface area is 134 Å². The van der Waals surface area contributed by atoms with Gasteiger partial charge < -0.3 is 15.0 Å². The molecule has 1 fully saturated rings. The second kappa shape index (κ2) is 6.17. The molecule has 0 saturated carbocycles. The summed E-state index contributed by atoms with van der Waals surface area (Å²) in [6.45, 7) is 2.68. The smallest absolute Gasteiger partial charge is 0.407 e. The number of H-pyrrole nitrogens is 1. The molecule has 23 heavy (non-hydrogen) atoms. The van der Waals surface area contributed by atoms with Crippen LogP contribution >= 0.6 is 0 Å². The zero-order valence-electron chi connectivity index (χ0n) is 13.0. The molecular weight excluding hydrogens is 290 g/mol. The van der Waals surface area contributed by atoms with E-state index in [0.29, 0.717) is 12.1 Å². The molecule has 1 amide bonds. The van der Waals surface area contributed by atoms with Gasteiger partial charge in [-0.05, 0) is 49.1 Å². The van der Waals surface area contributed by atoms with Gasteiger partial charge in [0.1, 0.15) is 0 Å². The maximum Gasteiger partial charge on any atom is 0.407 e. The van der Waals surface area contributed by atoms with Crippen LogP contribution in [0.4, 0.5) is 4.79 Å². The molecule has 2 heterocycles. The van der Waals surface area contributed by atoms with Crippen LogP contribution in [-0.2, 0) is 6.42 Å². The number of nitrogens with one attached hydrogen (secondary N) is 1. The maximum atomic E-state index is 11.2. The Kier molecular flexibility index (Phi) is 4.07. The number of hydrogen-bond donors (Lipinski definition) is 2. The van der Waals surface area contributed by atoms with E-state index < -0.39 is 6.09 Å². The highest BCUT2D eigenvalue weighted by Crippen LogP contribution is 2.26. The summed E-state index contributed by atoms with van der Waals surface area (Å²) in [6.07, 6.45) is 5.71. The number of aromatic amines is 1. The lowest BCUT2D eigenvalue weighted by Gasteiger charge is -2.17. The summed E-state index contributed by atoms with van der Waals surface area (Å²) in [6, 6.07) is 7.74. The molecule has 1 aliphatic rings. The van der Waals surface area contributed by atoms with E-state index in [1.807, 2.05) is 24.3 Å². The number of benzene rings is 1. The van der Waals surface area contributed by atoms with Gasteiger partial charge in [-0.25, -0.2) is 4.79 Å². The lowest BCUT2D eigenvalue weighted by molar-refractivity contribution is 0.147. The molecule has 118 valence electrons. The molecule has 0 aliphatic carbocycles. The van der Waals surface area contributed by atoms with Crippen molar-refractivity contribution in [3.8, 4) is 6.07 Å². The first-order valence-electron chi connectivity index (χ1n) is 7.86. The zero-order chi connectivity index (χ0) is 16.4. The Morgan fingerprint density at radius 3 is 3.09 bits per heavy atom. The Morgan fingerprint density at radius 2 is 2.39 bits per heavy atom. The molecule has 0 bridgehead atoms. The molecule has 3 rings (SSSR count). The van der Waals surface area contributed by atoms with E-state index in [1.54, 1.807) is 6.07 Å². The highest BCUT2D eigenvalue weighted by molar-refractivity contribution is 5.88. The standard InChI is InChI=1S/C18H19N3O2/c1-2-14-15-10-12(11-19)5-7-17(15)20-16(14)8-6-13-4-3-9-21(13)18(22)23/h5-8,10,13,20H,2-4,9H2,1H3,(H,22,23). The lowest BCUT2D eigenvalue weighted by Crippen LogP contribution is -2.32. The van der Waals surface area contributed by atoms with E-state index >= 15 is 0 Å². The van der Waals surface area contributed by atoms with Crippen LogP contribution in [-0.4, -0.2) is 33.7 Å². The summed E-state index contributed by atoms with van der Waals surface area (Å²) in [4.78, 5) is 16.1. The van der Waals surface area contributed by atoms with Crippen molar-refractivity contribution in [1.82, 2.24) is 9.88 Å². The molecule has 0 spiro atoms. The zero-order valence-corrected chi connectivity index (χ0v) is 13.0. The predicted octanol–water partition coefficient (Wildman–Crippen LogP) is 3.76. The van der Waals surface area contributed by atoms with Crippen LogP contribution in [0.2, 0.25) is 0 Å². The van der Waals surface area contributed by atoms with Crippen molar-refractivity contribution in [2.45, 2.75) is 32.2 Å². The number of nitriles is 1. The van der Waals surface area contributed by atoms with Gasteiger partial charge in [0.2, 0.25) is 0 Å². The lowest BCUT2D eigenvalue weighted by atomic mass is 10.1. The third kappa shape index (κ3) is 2.80. The van der Waals surface area contributed by atoms with Crippen LogP contribution in [0.5, 0.6) is 0 Å². The average molecular weight is 309 g/mol. The van der Waals surface area contributed by atoms with Crippen LogP contribution in [0.1, 0.15) is 36.6 Å². The monoisotopic (exact) mass is 309 g/mol. The predicted molar refractivity (Wildman–Crippen MR) is 89.2 cm³/mol. The number of aryl methyl sites for hydroxylation is 1. The number of aromatic nitrogens is 1. The molecule has 0 radical (unpaired) electrons. The molecular formula is C18H19N3O2. The molecule has 1 aromatic heterocycles. The van der Waals surface area contributed by atoms with Gasteiger partial charge >= 0.3 is 6.09 Å². The van der Waals surface area contributed by atoms with Crippen molar-refractivity contribution in [3.63, 3.8) is 0 Å². The Bertz CT molecular complexity index is 814. The molecule has 5 heteroatoms. The number of hydrogen-bond acceptors (Lipinski definition) is 2. The third-order valence-corrected chi connectivity index (χ3v) is 4.45. The number of nitrogens with zero attached hydrogens (tertiary/aromatic N) is 2. The number of rotatable bonds is 3. The summed E-state index contributed by atoms with van der Waals surface area (Å²) >= 11 is 0. The van der Waals surface area contributed by atoms with E-state index in [4.69, 9.17) is 5.26 Å². The highest BCUT2D eigenvalue weighted by Gasteiger charge is 2.26. The molecule has 1 aliphatic heterocycles. The van der Waals surface area contributed by atoms with Crippen molar-refractivity contribution >= 4 is 23.1 Å². The topological polar surface area (TPSA) is 80.1 Å². The minimum Gasteiger partial charge on any atom is -0.465 e. The average Bonchev–Trinajstić information content (AvgIpc) is 3.15. The fourth-order valence-corrected chi connectivity index (χ4v) is 3.30. The number of likely N-dealkylation sites (tertiary alicyclic amines) is 1. The molecule has 5 nitrogen and oxygen atoms in total. The molecule has 1 saturated heterocycles. The van der Waals surface area contributed by atoms with Crippen LogP contribution in [0.3, 0.4) is 0 Å². The van der Waals surface area contributed by atoms with Crippen LogP contribution in [0.25, 0.3) is 17.0 Å². The Morgan fingerprint density at radius 1 is 1.57 bits per heavy atom. The second-order valence-corrected chi connectivity index (χ2v) is 5.79. The van der Waals surface area contributed by atoms with E-state index in [0.717, 1.165) is 41.4 Å². The van der Waals surface area contributed by atoms with Gasteiger partial charge in [0, 0.05) is 23.1 Å².